The van der Waals surface area contributed by atoms with E-state index in [2.05, 4.69) is 0 Å². The van der Waals surface area contributed by atoms with Gasteiger partial charge in [-0.15, -0.1) is 0 Å². The molecule has 0 spiro atoms. The fourth-order valence-electron chi connectivity index (χ4n) is 2.06. The van der Waals surface area contributed by atoms with E-state index in [1.54, 1.807) is 0 Å². The summed E-state index contributed by atoms with van der Waals surface area (Å²) >= 11 is 0. The third kappa shape index (κ3) is 3.70. The summed E-state index contributed by atoms with van der Waals surface area (Å²) in [6.07, 6.45) is -15.2. The molecule has 1 aromatic carbocycles. The van der Waals surface area contributed by atoms with Crippen LogP contribution in [0.15, 0.2) is 18.2 Å². The summed E-state index contributed by atoms with van der Waals surface area (Å²) < 4.78 is 130. The van der Waals surface area contributed by atoms with Gasteiger partial charge in [0, 0.05) is 16.7 Å². The summed E-state index contributed by atoms with van der Waals surface area (Å²) in [6.45, 7) is 1.99. The van der Waals surface area contributed by atoms with Crippen LogP contribution < -0.4 is 0 Å². The first-order valence-electron chi connectivity index (χ1n) is 6.65. The van der Waals surface area contributed by atoms with Crippen molar-refractivity contribution in [3.05, 3.63) is 34.9 Å². The average Bonchev–Trinajstić information content (AvgIpc) is 2.42. The van der Waals surface area contributed by atoms with Crippen molar-refractivity contribution in [3.63, 3.8) is 0 Å². The van der Waals surface area contributed by atoms with E-state index in [4.69, 9.17) is 0 Å². The van der Waals surface area contributed by atoms with Crippen molar-refractivity contribution < 1.29 is 49.0 Å². The lowest BCUT2D eigenvalue weighted by molar-refractivity contribution is -0.293. The number of halogens is 10. The average molecular weight is 385 g/mol. The van der Waals surface area contributed by atoms with Crippen LogP contribution in [-0.4, -0.2) is 12.4 Å². The molecule has 11 heteroatoms. The van der Waals surface area contributed by atoms with Gasteiger partial charge in [-0.25, -0.2) is 5.11 Å². The van der Waals surface area contributed by atoms with E-state index >= 15 is 0 Å². The highest BCUT2D eigenvalue weighted by molar-refractivity contribution is 5.43. The van der Waals surface area contributed by atoms with Crippen molar-refractivity contribution in [3.8, 4) is 0 Å². The molecule has 1 rings (SSSR count). The van der Waals surface area contributed by atoms with E-state index < -0.39 is 52.9 Å². The molecular formula is C14H11F10O. The van der Waals surface area contributed by atoms with Crippen LogP contribution in [0.1, 0.15) is 36.6 Å². The highest BCUT2D eigenvalue weighted by Crippen LogP contribution is 2.52. The summed E-state index contributed by atoms with van der Waals surface area (Å²) in [5.74, 6) is -12.9. The quantitative estimate of drug-likeness (QED) is 0.557. The molecule has 0 aliphatic heterocycles. The maximum absolute atomic E-state index is 13.6. The molecule has 1 atom stereocenters. The van der Waals surface area contributed by atoms with Gasteiger partial charge in [0.1, 0.15) is 6.10 Å². The Morgan fingerprint density at radius 3 is 1.28 bits per heavy atom. The molecule has 143 valence electrons. The second-order valence-corrected chi connectivity index (χ2v) is 5.58. The Kier molecular flexibility index (Phi) is 5.45. The molecule has 1 aromatic rings. The molecule has 0 aliphatic rings. The highest BCUT2D eigenvalue weighted by atomic mass is 19.4. The molecule has 0 heterocycles. The third-order valence-electron chi connectivity index (χ3n) is 3.38. The molecule has 0 saturated heterocycles. The fraction of sp³-hybridized carbons (Fsp3) is 0.571. The molecule has 0 saturated carbocycles. The first-order valence-corrected chi connectivity index (χ1v) is 6.65. The number of rotatable bonds is 4. The first-order chi connectivity index (χ1) is 11.0. The zero-order valence-corrected chi connectivity index (χ0v) is 12.6. The van der Waals surface area contributed by atoms with Gasteiger partial charge in [-0.2, -0.15) is 43.9 Å². The van der Waals surface area contributed by atoms with E-state index in [9.17, 15) is 49.0 Å². The largest absolute Gasteiger partial charge is 0.458 e. The minimum Gasteiger partial charge on any atom is -0.228 e. The summed E-state index contributed by atoms with van der Waals surface area (Å²) in [6, 6.07) is 0.235. The fourth-order valence-corrected chi connectivity index (χ4v) is 2.06. The molecule has 1 unspecified atom stereocenters. The standard InChI is InChI=1S/C14H11F10O/c1-6(2)10(25)9-7(11(15,16)13(19,20)21)4-3-5-8(9)12(17,18)14(22,23)24/h3-6,10H,1-2H3. The van der Waals surface area contributed by atoms with Crippen LogP contribution in [0.4, 0.5) is 43.9 Å². The van der Waals surface area contributed by atoms with Gasteiger partial charge in [-0.3, -0.25) is 0 Å². The normalized spacial score (nSPS) is 15.6. The van der Waals surface area contributed by atoms with Gasteiger partial charge in [0.05, 0.1) is 0 Å². The number of benzene rings is 1. The van der Waals surface area contributed by atoms with Gasteiger partial charge in [0.25, 0.3) is 0 Å². The minimum absolute atomic E-state index is 0.0199. The van der Waals surface area contributed by atoms with Crippen LogP contribution in [0.25, 0.3) is 0 Å². The van der Waals surface area contributed by atoms with Crippen molar-refractivity contribution in [1.29, 1.82) is 0 Å². The minimum atomic E-state index is -6.29. The number of hydrogen-bond donors (Lipinski definition) is 0. The Balaban J connectivity index is 3.88. The van der Waals surface area contributed by atoms with Gasteiger partial charge in [0.15, 0.2) is 0 Å². The van der Waals surface area contributed by atoms with E-state index in [0.29, 0.717) is 0 Å². The summed E-state index contributed by atoms with van der Waals surface area (Å²) in [5, 5.41) is 12.0. The predicted octanol–water partition coefficient (Wildman–Crippen LogP) is 6.12. The maximum Gasteiger partial charge on any atom is 0.458 e. The highest BCUT2D eigenvalue weighted by Gasteiger charge is 2.63. The van der Waals surface area contributed by atoms with Gasteiger partial charge < -0.3 is 0 Å². The molecule has 1 nitrogen and oxygen atoms in total. The Hall–Kier alpha value is -1.52. The maximum atomic E-state index is 13.6. The summed E-state index contributed by atoms with van der Waals surface area (Å²) in [5.41, 5.74) is -6.33. The van der Waals surface area contributed by atoms with Crippen molar-refractivity contribution in [1.82, 2.24) is 0 Å². The van der Waals surface area contributed by atoms with Crippen LogP contribution in [0.3, 0.4) is 0 Å². The third-order valence-corrected chi connectivity index (χ3v) is 3.38. The second-order valence-electron chi connectivity index (χ2n) is 5.58. The SMILES string of the molecule is CC(C)C([O])c1c(C(F)(F)C(F)(F)F)cccc1C(F)(F)C(F)(F)F. The van der Waals surface area contributed by atoms with Gasteiger partial charge >= 0.3 is 24.2 Å². The molecule has 25 heavy (non-hydrogen) atoms. The van der Waals surface area contributed by atoms with Crippen molar-refractivity contribution in [2.75, 3.05) is 0 Å². The van der Waals surface area contributed by atoms with Crippen molar-refractivity contribution >= 4 is 0 Å². The zero-order chi connectivity index (χ0) is 20.0. The number of alkyl halides is 10. The van der Waals surface area contributed by atoms with E-state index in [0.717, 1.165) is 13.8 Å². The monoisotopic (exact) mass is 385 g/mol. The van der Waals surface area contributed by atoms with E-state index in [1.807, 2.05) is 0 Å². The molecule has 0 bridgehead atoms. The van der Waals surface area contributed by atoms with Crippen molar-refractivity contribution in [2.45, 2.75) is 44.1 Å². The van der Waals surface area contributed by atoms with E-state index in [1.165, 1.54) is 0 Å². The lowest BCUT2D eigenvalue weighted by Gasteiger charge is -2.30. The van der Waals surface area contributed by atoms with Crippen molar-refractivity contribution in [2.24, 2.45) is 5.92 Å². The first kappa shape index (κ1) is 21.5. The summed E-state index contributed by atoms with van der Waals surface area (Å²) in [4.78, 5) is 0. The Morgan fingerprint density at radius 1 is 0.720 bits per heavy atom. The van der Waals surface area contributed by atoms with Crippen LogP contribution in [0.5, 0.6) is 0 Å². The molecule has 0 fully saturated rings. The Bertz CT molecular complexity index is 571. The molecule has 0 aromatic heterocycles. The van der Waals surface area contributed by atoms with Crippen LogP contribution >= 0.6 is 0 Å². The molecule has 0 aliphatic carbocycles. The van der Waals surface area contributed by atoms with Gasteiger partial charge in [-0.1, -0.05) is 32.0 Å². The Labute approximate surface area is 135 Å². The smallest absolute Gasteiger partial charge is 0.228 e. The molecule has 0 amide bonds. The number of hydrogen-bond acceptors (Lipinski definition) is 0. The Morgan fingerprint density at radius 2 is 1.04 bits per heavy atom. The van der Waals surface area contributed by atoms with Crippen LogP contribution in [0, 0.1) is 5.92 Å². The lowest BCUT2D eigenvalue weighted by atomic mass is 9.85. The van der Waals surface area contributed by atoms with E-state index in [-0.39, 0.29) is 18.2 Å². The summed E-state index contributed by atoms with van der Waals surface area (Å²) in [7, 11) is 0. The predicted molar refractivity (Wildman–Crippen MR) is 64.6 cm³/mol. The molecule has 1 radical (unpaired) electrons. The molecular weight excluding hydrogens is 374 g/mol. The lowest BCUT2D eigenvalue weighted by Crippen LogP contribution is -2.39. The van der Waals surface area contributed by atoms with Gasteiger partial charge in [-0.05, 0) is 5.92 Å². The van der Waals surface area contributed by atoms with Crippen LogP contribution in [0.2, 0.25) is 0 Å². The van der Waals surface area contributed by atoms with Crippen LogP contribution in [-0.2, 0) is 17.0 Å². The second kappa shape index (κ2) is 6.33. The molecule has 0 N–H and O–H groups in total. The topological polar surface area (TPSA) is 19.9 Å². The zero-order valence-electron chi connectivity index (χ0n) is 12.6. The van der Waals surface area contributed by atoms with Gasteiger partial charge in [0.2, 0.25) is 0 Å².